The molecule has 0 amide bonds. The SMILES string of the molecule is O=C(CBr)Cc1ccc(Cl)cc1F. The largest absolute Gasteiger partial charge is 0.298 e. The number of benzene rings is 1. The summed E-state index contributed by atoms with van der Waals surface area (Å²) < 4.78 is 13.1. The molecule has 0 saturated carbocycles. The van der Waals surface area contributed by atoms with Crippen LogP contribution in [0.1, 0.15) is 5.56 Å². The van der Waals surface area contributed by atoms with E-state index in [0.717, 1.165) is 0 Å². The quantitative estimate of drug-likeness (QED) is 0.768. The molecule has 1 aromatic carbocycles. The lowest BCUT2D eigenvalue weighted by Crippen LogP contribution is -2.05. The van der Waals surface area contributed by atoms with Crippen LogP contribution in [0.3, 0.4) is 0 Å². The van der Waals surface area contributed by atoms with Gasteiger partial charge >= 0.3 is 0 Å². The standard InChI is InChI=1S/C9H7BrClFO/c10-5-8(13)3-6-1-2-7(11)4-9(6)12/h1-2,4H,3,5H2. The van der Waals surface area contributed by atoms with Crippen molar-refractivity contribution in [2.24, 2.45) is 0 Å². The molecule has 0 aliphatic rings. The van der Waals surface area contributed by atoms with Crippen molar-refractivity contribution in [3.63, 3.8) is 0 Å². The molecule has 1 nitrogen and oxygen atoms in total. The summed E-state index contributed by atoms with van der Waals surface area (Å²) in [7, 11) is 0. The zero-order valence-corrected chi connectivity index (χ0v) is 9.03. The Morgan fingerprint density at radius 3 is 2.77 bits per heavy atom. The highest BCUT2D eigenvalue weighted by Crippen LogP contribution is 2.15. The first-order valence-electron chi connectivity index (χ1n) is 3.65. The molecule has 0 aliphatic carbocycles. The first-order chi connectivity index (χ1) is 6.13. The fraction of sp³-hybridized carbons (Fsp3) is 0.222. The highest BCUT2D eigenvalue weighted by molar-refractivity contribution is 9.09. The van der Waals surface area contributed by atoms with E-state index < -0.39 is 5.82 Å². The summed E-state index contributed by atoms with van der Waals surface area (Å²) >= 11 is 8.57. The summed E-state index contributed by atoms with van der Waals surface area (Å²) in [4.78, 5) is 11.0. The third kappa shape index (κ3) is 3.08. The molecule has 0 N–H and O–H groups in total. The van der Waals surface area contributed by atoms with Gasteiger partial charge in [-0.15, -0.1) is 0 Å². The van der Waals surface area contributed by atoms with E-state index in [2.05, 4.69) is 15.9 Å². The van der Waals surface area contributed by atoms with Gasteiger partial charge in [0.2, 0.25) is 0 Å². The van der Waals surface area contributed by atoms with Gasteiger partial charge in [-0.2, -0.15) is 0 Å². The van der Waals surface area contributed by atoms with E-state index in [1.54, 1.807) is 6.07 Å². The average molecular weight is 266 g/mol. The number of Topliss-reactive ketones (excluding diaryl/α,β-unsaturated/α-hetero) is 1. The maximum Gasteiger partial charge on any atom is 0.147 e. The van der Waals surface area contributed by atoms with Crippen LogP contribution in [0.15, 0.2) is 18.2 Å². The normalized spacial score (nSPS) is 10.1. The van der Waals surface area contributed by atoms with Gasteiger partial charge in [0.25, 0.3) is 0 Å². The Morgan fingerprint density at radius 2 is 2.23 bits per heavy atom. The van der Waals surface area contributed by atoms with E-state index >= 15 is 0 Å². The van der Waals surface area contributed by atoms with Crippen molar-refractivity contribution in [1.29, 1.82) is 0 Å². The van der Waals surface area contributed by atoms with Crippen LogP contribution in [0.2, 0.25) is 5.02 Å². The highest BCUT2D eigenvalue weighted by Gasteiger charge is 2.07. The number of carbonyl (C=O) groups is 1. The number of hydrogen-bond donors (Lipinski definition) is 0. The predicted molar refractivity (Wildman–Crippen MR) is 53.9 cm³/mol. The molecule has 70 valence electrons. The molecular formula is C9H7BrClFO. The van der Waals surface area contributed by atoms with Crippen LogP contribution in [0.25, 0.3) is 0 Å². The molecule has 0 radical (unpaired) electrons. The number of alkyl halides is 1. The molecule has 0 unspecified atom stereocenters. The van der Waals surface area contributed by atoms with Crippen molar-refractivity contribution in [1.82, 2.24) is 0 Å². The lowest BCUT2D eigenvalue weighted by atomic mass is 10.1. The van der Waals surface area contributed by atoms with Crippen LogP contribution >= 0.6 is 27.5 Å². The molecule has 1 rings (SSSR count). The maximum atomic E-state index is 13.1. The van der Waals surface area contributed by atoms with E-state index in [1.807, 2.05) is 0 Å². The molecule has 0 spiro atoms. The topological polar surface area (TPSA) is 17.1 Å². The molecule has 13 heavy (non-hydrogen) atoms. The Hall–Kier alpha value is -0.410. The van der Waals surface area contributed by atoms with E-state index in [-0.39, 0.29) is 17.5 Å². The van der Waals surface area contributed by atoms with Gasteiger partial charge < -0.3 is 0 Å². The summed E-state index contributed by atoms with van der Waals surface area (Å²) in [5.41, 5.74) is 0.383. The molecule has 0 atom stereocenters. The van der Waals surface area contributed by atoms with Crippen LogP contribution in [-0.4, -0.2) is 11.1 Å². The van der Waals surface area contributed by atoms with Crippen LogP contribution in [-0.2, 0) is 11.2 Å². The van der Waals surface area contributed by atoms with Crippen molar-refractivity contribution in [3.05, 3.63) is 34.6 Å². The highest BCUT2D eigenvalue weighted by atomic mass is 79.9. The van der Waals surface area contributed by atoms with Gasteiger partial charge in [0, 0.05) is 11.4 Å². The minimum Gasteiger partial charge on any atom is -0.298 e. The summed E-state index contributed by atoms with van der Waals surface area (Å²) in [6, 6.07) is 4.30. The van der Waals surface area contributed by atoms with Gasteiger partial charge in [-0.3, -0.25) is 4.79 Å². The number of rotatable bonds is 3. The molecule has 0 fully saturated rings. The number of ketones is 1. The van der Waals surface area contributed by atoms with Gasteiger partial charge in [-0.1, -0.05) is 33.6 Å². The number of halogens is 3. The van der Waals surface area contributed by atoms with Crippen LogP contribution in [0.4, 0.5) is 4.39 Å². The molecule has 1 aromatic rings. The van der Waals surface area contributed by atoms with E-state index in [0.29, 0.717) is 10.6 Å². The smallest absolute Gasteiger partial charge is 0.147 e. The van der Waals surface area contributed by atoms with Gasteiger partial charge in [-0.05, 0) is 17.7 Å². The Kier molecular flexibility index (Phi) is 3.88. The van der Waals surface area contributed by atoms with E-state index in [4.69, 9.17) is 11.6 Å². The molecule has 0 aliphatic heterocycles. The zero-order valence-electron chi connectivity index (χ0n) is 6.69. The fourth-order valence-corrected chi connectivity index (χ4v) is 1.28. The van der Waals surface area contributed by atoms with Crippen LogP contribution in [0.5, 0.6) is 0 Å². The summed E-state index contributed by atoms with van der Waals surface area (Å²) in [5, 5.41) is 0.585. The van der Waals surface area contributed by atoms with Crippen LogP contribution < -0.4 is 0 Å². The average Bonchev–Trinajstić information content (AvgIpc) is 2.09. The summed E-state index contributed by atoms with van der Waals surface area (Å²) in [6.07, 6.45) is 0.105. The molecular weight excluding hydrogens is 258 g/mol. The minimum absolute atomic E-state index is 0.0544. The third-order valence-corrected chi connectivity index (χ3v) is 2.41. The number of hydrogen-bond acceptors (Lipinski definition) is 1. The van der Waals surface area contributed by atoms with Gasteiger partial charge in [0.15, 0.2) is 0 Å². The van der Waals surface area contributed by atoms with Crippen molar-refractivity contribution in [2.45, 2.75) is 6.42 Å². The van der Waals surface area contributed by atoms with Gasteiger partial charge in [-0.25, -0.2) is 4.39 Å². The number of carbonyl (C=O) groups excluding carboxylic acids is 1. The Bertz CT molecular complexity index is 327. The lowest BCUT2D eigenvalue weighted by Gasteiger charge is -2.00. The fourth-order valence-electron chi connectivity index (χ4n) is 0.925. The monoisotopic (exact) mass is 264 g/mol. The Morgan fingerprint density at radius 1 is 1.54 bits per heavy atom. The van der Waals surface area contributed by atoms with Crippen molar-refractivity contribution in [3.8, 4) is 0 Å². The predicted octanol–water partition coefficient (Wildman–Crippen LogP) is 2.99. The molecule has 0 bridgehead atoms. The molecule has 0 aromatic heterocycles. The third-order valence-electron chi connectivity index (χ3n) is 1.55. The van der Waals surface area contributed by atoms with Crippen LogP contribution in [0, 0.1) is 5.82 Å². The second kappa shape index (κ2) is 4.72. The maximum absolute atomic E-state index is 13.1. The molecule has 4 heteroatoms. The molecule has 0 heterocycles. The van der Waals surface area contributed by atoms with E-state index in [1.165, 1.54) is 12.1 Å². The van der Waals surface area contributed by atoms with Gasteiger partial charge in [0.1, 0.15) is 11.6 Å². The zero-order chi connectivity index (χ0) is 9.84. The van der Waals surface area contributed by atoms with E-state index in [9.17, 15) is 9.18 Å². The van der Waals surface area contributed by atoms with Crippen molar-refractivity contribution >= 4 is 33.3 Å². The molecule has 0 saturated heterocycles. The second-order valence-electron chi connectivity index (χ2n) is 2.58. The first-order valence-corrected chi connectivity index (χ1v) is 5.15. The van der Waals surface area contributed by atoms with Gasteiger partial charge in [0.05, 0.1) is 5.33 Å². The van der Waals surface area contributed by atoms with Crippen molar-refractivity contribution in [2.75, 3.05) is 5.33 Å². The second-order valence-corrected chi connectivity index (χ2v) is 3.58. The minimum atomic E-state index is -0.429. The summed E-state index contributed by atoms with van der Waals surface area (Å²) in [5.74, 6) is -0.483. The Balaban J connectivity index is 2.83. The van der Waals surface area contributed by atoms with Crippen molar-refractivity contribution < 1.29 is 9.18 Å². The first kappa shape index (κ1) is 10.7. The lowest BCUT2D eigenvalue weighted by molar-refractivity contribution is -0.115. The summed E-state index contributed by atoms with van der Waals surface area (Å²) in [6.45, 7) is 0. The Labute approximate surface area is 89.0 Å².